The zero-order valence-electron chi connectivity index (χ0n) is 35.1. The van der Waals surface area contributed by atoms with Gasteiger partial charge in [-0.15, -0.1) is 0 Å². The van der Waals surface area contributed by atoms with Gasteiger partial charge in [-0.25, -0.2) is 8.42 Å². The van der Waals surface area contributed by atoms with Gasteiger partial charge in [-0.05, 0) is 156 Å². The number of hydrogen-bond acceptors (Lipinski definition) is 11. The lowest BCUT2D eigenvalue weighted by molar-refractivity contribution is 0.00195. The third-order valence-corrected chi connectivity index (χ3v) is 7.60. The maximum atomic E-state index is 11.2. The van der Waals surface area contributed by atoms with E-state index in [9.17, 15) is 8.42 Å². The molecule has 0 aliphatic heterocycles. The number of likely N-dealkylation sites (N-methyl/N-ethyl adjacent to an activating group) is 1. The second-order valence-corrected chi connectivity index (χ2v) is 18.8. The van der Waals surface area contributed by atoms with Crippen LogP contribution in [0.2, 0.25) is 0 Å². The first-order valence-corrected chi connectivity index (χ1v) is 19.5. The summed E-state index contributed by atoms with van der Waals surface area (Å²) in [6, 6.07) is 0. The lowest BCUT2D eigenvalue weighted by Gasteiger charge is -2.32. The number of hydrogen-bond donors (Lipinski definition) is 7. The lowest BCUT2D eigenvalue weighted by atomic mass is 10.1. The summed E-state index contributed by atoms with van der Waals surface area (Å²) < 4.78 is 29.1. The molecule has 0 saturated heterocycles. The molecular weight excluding hydrogens is 627 g/mol. The monoisotopic (exact) mass is 716 g/mol. The van der Waals surface area contributed by atoms with Crippen LogP contribution in [0.1, 0.15) is 123 Å². The maximum absolute atomic E-state index is 11.2. The SMILES string of the molecule is CC(C)(C)N(CCN)S(C)(=O)=O.CC(C)(C)NCCCCN.CC(C)(C)NCCCN.CC(C)(C)OCCN.CN(CCN)C(C)(C)C. The number of rotatable bonds is 14. The topological polar surface area (TPSA) is 204 Å². The smallest absolute Gasteiger partial charge is 0.211 e. The average molecular weight is 716 g/mol. The van der Waals surface area contributed by atoms with Gasteiger partial charge in [0.05, 0.1) is 18.5 Å². The Balaban J connectivity index is -0.000000162. The van der Waals surface area contributed by atoms with Crippen molar-refractivity contribution in [3.8, 4) is 0 Å². The minimum atomic E-state index is -3.13. The summed E-state index contributed by atoms with van der Waals surface area (Å²) in [5, 5.41) is 6.74. The molecular formula is C35H89N9O3S. The van der Waals surface area contributed by atoms with E-state index in [-0.39, 0.29) is 27.8 Å². The molecule has 0 aromatic rings. The van der Waals surface area contributed by atoms with Gasteiger partial charge < -0.3 is 48.9 Å². The molecule has 13 heteroatoms. The fourth-order valence-electron chi connectivity index (χ4n) is 3.31. The van der Waals surface area contributed by atoms with Crippen molar-refractivity contribution >= 4 is 10.0 Å². The van der Waals surface area contributed by atoms with E-state index < -0.39 is 10.0 Å². The van der Waals surface area contributed by atoms with Gasteiger partial charge in [-0.2, -0.15) is 4.31 Å². The van der Waals surface area contributed by atoms with Crippen LogP contribution >= 0.6 is 0 Å². The van der Waals surface area contributed by atoms with E-state index in [2.05, 4.69) is 84.9 Å². The van der Waals surface area contributed by atoms with E-state index in [1.807, 2.05) is 41.5 Å². The van der Waals surface area contributed by atoms with Crippen LogP contribution in [0.5, 0.6) is 0 Å². The highest BCUT2D eigenvalue weighted by atomic mass is 32.2. The largest absolute Gasteiger partial charge is 0.375 e. The summed E-state index contributed by atoms with van der Waals surface area (Å²) in [5.41, 5.74) is 26.9. The van der Waals surface area contributed by atoms with Gasteiger partial charge in [-0.3, -0.25) is 0 Å². The zero-order chi connectivity index (χ0) is 39.5. The Hall–Kier alpha value is -0.450. The number of nitrogens with zero attached hydrogens (tertiary/aromatic N) is 2. The molecule has 0 spiro atoms. The Morgan fingerprint density at radius 1 is 0.562 bits per heavy atom. The number of nitrogens with one attached hydrogen (secondary N) is 2. The zero-order valence-corrected chi connectivity index (χ0v) is 35.9. The van der Waals surface area contributed by atoms with Gasteiger partial charge >= 0.3 is 0 Å². The van der Waals surface area contributed by atoms with E-state index in [1.165, 1.54) is 17.0 Å². The number of unbranched alkanes of at least 4 members (excludes halogenated alkanes) is 1. The quantitative estimate of drug-likeness (QED) is 0.130. The van der Waals surface area contributed by atoms with Crippen molar-refractivity contribution in [2.75, 3.05) is 78.8 Å². The van der Waals surface area contributed by atoms with Crippen LogP contribution in [0.4, 0.5) is 0 Å². The first-order valence-electron chi connectivity index (χ1n) is 17.7. The highest BCUT2D eigenvalue weighted by Gasteiger charge is 2.28. The van der Waals surface area contributed by atoms with Crippen molar-refractivity contribution in [3.05, 3.63) is 0 Å². The Kier molecular flexibility index (Phi) is 34.6. The summed E-state index contributed by atoms with van der Waals surface area (Å²) in [5.74, 6) is 0. The maximum Gasteiger partial charge on any atom is 0.211 e. The summed E-state index contributed by atoms with van der Waals surface area (Å²) in [6.45, 7) is 38.6. The van der Waals surface area contributed by atoms with Crippen LogP contribution < -0.4 is 39.3 Å². The lowest BCUT2D eigenvalue weighted by Crippen LogP contribution is -2.47. The third-order valence-electron chi connectivity index (χ3n) is 6.07. The molecule has 0 amide bonds. The highest BCUT2D eigenvalue weighted by Crippen LogP contribution is 2.15. The van der Waals surface area contributed by atoms with Gasteiger partial charge in [0.15, 0.2) is 0 Å². The molecule has 48 heavy (non-hydrogen) atoms. The molecule has 12 N–H and O–H groups in total. The Morgan fingerprint density at radius 3 is 1.15 bits per heavy atom. The molecule has 0 fully saturated rings. The van der Waals surface area contributed by atoms with Gasteiger partial charge in [0.2, 0.25) is 10.0 Å². The van der Waals surface area contributed by atoms with Crippen molar-refractivity contribution in [3.63, 3.8) is 0 Å². The Labute approximate surface area is 300 Å². The first kappa shape index (κ1) is 56.9. The molecule has 12 nitrogen and oxygen atoms in total. The predicted molar refractivity (Wildman–Crippen MR) is 214 cm³/mol. The van der Waals surface area contributed by atoms with Crippen molar-refractivity contribution in [2.45, 2.75) is 151 Å². The van der Waals surface area contributed by atoms with Gasteiger partial charge in [-0.1, -0.05) is 0 Å². The normalized spacial score (nSPS) is 12.6. The second-order valence-electron chi connectivity index (χ2n) is 16.9. The van der Waals surface area contributed by atoms with Crippen LogP contribution in [-0.2, 0) is 14.8 Å². The van der Waals surface area contributed by atoms with Crippen molar-refractivity contribution < 1.29 is 13.2 Å². The van der Waals surface area contributed by atoms with E-state index in [4.69, 9.17) is 33.4 Å². The molecule has 0 aromatic heterocycles. The molecule has 0 atom stereocenters. The van der Waals surface area contributed by atoms with E-state index in [0.717, 1.165) is 52.1 Å². The van der Waals surface area contributed by atoms with Crippen LogP contribution in [0.3, 0.4) is 0 Å². The fourth-order valence-corrected chi connectivity index (χ4v) is 4.74. The standard InChI is InChI=1S/C8H20N2.C7H18N2O2S.2C7H18N2.C6H15NO/c1-8(2,3)10-7-5-4-6-9;1-7(2,3)9(6-5-8)12(4,10)11;1-7(2,3)9(4)6-5-8;1-7(2,3)9-6-4-5-8;1-6(2,3)8-5-4-7/h10H,4-7,9H2,1-3H3;5-6,8H2,1-4H3;5-6,8H2,1-4H3;9H,4-6,8H2,1-3H3;4-5,7H2,1-3H3. The van der Waals surface area contributed by atoms with Gasteiger partial charge in [0.25, 0.3) is 0 Å². The number of nitrogens with two attached hydrogens (primary N) is 5. The Morgan fingerprint density at radius 2 is 0.958 bits per heavy atom. The highest BCUT2D eigenvalue weighted by molar-refractivity contribution is 7.88. The molecule has 298 valence electrons. The molecule has 0 aromatic carbocycles. The molecule has 0 radical (unpaired) electrons. The average Bonchev–Trinajstić information content (AvgIpc) is 2.87. The first-order chi connectivity index (χ1) is 21.4. The minimum absolute atomic E-state index is 0.0284. The Bertz CT molecular complexity index is 795. The summed E-state index contributed by atoms with van der Waals surface area (Å²) in [6.07, 6.45) is 4.59. The van der Waals surface area contributed by atoms with Crippen LogP contribution in [0, 0.1) is 0 Å². The van der Waals surface area contributed by atoms with Crippen LogP contribution in [0.25, 0.3) is 0 Å². The fraction of sp³-hybridized carbons (Fsp3) is 1.00. The van der Waals surface area contributed by atoms with Crippen molar-refractivity contribution in [2.24, 2.45) is 28.7 Å². The third kappa shape index (κ3) is 52.4. The minimum Gasteiger partial charge on any atom is -0.375 e. The van der Waals surface area contributed by atoms with Crippen LogP contribution in [-0.4, -0.2) is 124 Å². The van der Waals surface area contributed by atoms with E-state index in [1.54, 1.807) is 0 Å². The number of ether oxygens (including phenoxy) is 1. The number of sulfonamides is 1. The van der Waals surface area contributed by atoms with E-state index in [0.29, 0.717) is 26.2 Å². The molecule has 0 heterocycles. The molecule has 0 saturated carbocycles. The molecule has 0 bridgehead atoms. The van der Waals surface area contributed by atoms with Crippen molar-refractivity contribution in [1.29, 1.82) is 0 Å². The van der Waals surface area contributed by atoms with Gasteiger partial charge in [0.1, 0.15) is 0 Å². The second kappa shape index (κ2) is 29.2. The molecule has 0 unspecified atom stereocenters. The molecule has 0 aliphatic carbocycles. The molecule has 0 aliphatic rings. The summed E-state index contributed by atoms with van der Waals surface area (Å²) >= 11 is 0. The summed E-state index contributed by atoms with van der Waals surface area (Å²) in [7, 11) is -1.04. The van der Waals surface area contributed by atoms with Crippen LogP contribution in [0.15, 0.2) is 0 Å². The predicted octanol–water partition coefficient (Wildman–Crippen LogP) is 3.28. The van der Waals surface area contributed by atoms with Crippen molar-refractivity contribution in [1.82, 2.24) is 19.8 Å². The van der Waals surface area contributed by atoms with E-state index >= 15 is 0 Å². The molecule has 0 rings (SSSR count). The summed E-state index contributed by atoms with van der Waals surface area (Å²) in [4.78, 5) is 2.24. The van der Waals surface area contributed by atoms with Gasteiger partial charge in [0, 0.05) is 54.9 Å².